The average molecular weight is 492 g/mol. The van der Waals surface area contributed by atoms with Gasteiger partial charge in [0.25, 0.3) is 0 Å². The molecule has 0 aromatic heterocycles. The van der Waals surface area contributed by atoms with Gasteiger partial charge in [0.05, 0.1) is 19.7 Å². The summed E-state index contributed by atoms with van der Waals surface area (Å²) in [6.07, 6.45) is 1.24. The number of methoxy groups -OCH3 is 1. The van der Waals surface area contributed by atoms with Gasteiger partial charge in [-0.15, -0.1) is 5.10 Å². The Morgan fingerprint density at radius 3 is 2.73 bits per heavy atom. The van der Waals surface area contributed by atoms with Gasteiger partial charge in [0.15, 0.2) is 16.7 Å². The van der Waals surface area contributed by atoms with Crippen molar-refractivity contribution in [2.45, 2.75) is 18.3 Å². The van der Waals surface area contributed by atoms with Crippen molar-refractivity contribution in [3.05, 3.63) is 58.1 Å². The number of nitrogens with one attached hydrogen (secondary N) is 1. The molecule has 1 aliphatic heterocycles. The number of hydrogen-bond acceptors (Lipinski definition) is 7. The first-order chi connectivity index (χ1) is 14.4. The number of thioether (sulfide) groups is 1. The summed E-state index contributed by atoms with van der Waals surface area (Å²) in [7, 11) is 1.56. The molecule has 0 radical (unpaired) electrons. The predicted molar refractivity (Wildman–Crippen MR) is 118 cm³/mol. The van der Waals surface area contributed by atoms with Crippen molar-refractivity contribution in [2.24, 2.45) is 10.2 Å². The number of amides is 1. The van der Waals surface area contributed by atoms with E-state index in [0.717, 1.165) is 27.4 Å². The molecule has 3 rings (SSSR count). The molecule has 2 aromatic rings. The Morgan fingerprint density at radius 1 is 1.27 bits per heavy atom. The monoisotopic (exact) mass is 491 g/mol. The number of benzene rings is 2. The molecule has 0 aliphatic carbocycles. The molecule has 156 valence electrons. The molecule has 2 aromatic carbocycles. The quantitative estimate of drug-likeness (QED) is 0.432. The molecule has 1 amide bonds. The number of ether oxygens (including phenoxy) is 2. The van der Waals surface area contributed by atoms with Crippen LogP contribution in [0.2, 0.25) is 0 Å². The zero-order chi connectivity index (χ0) is 21.5. The minimum atomic E-state index is -1.04. The van der Waals surface area contributed by atoms with Gasteiger partial charge >= 0.3 is 5.97 Å². The van der Waals surface area contributed by atoms with Crippen molar-refractivity contribution in [3.63, 3.8) is 0 Å². The summed E-state index contributed by atoms with van der Waals surface area (Å²) >= 11 is 4.45. The molecular weight excluding hydrogens is 474 g/mol. The largest absolute Gasteiger partial charge is 0.493 e. The Morgan fingerprint density at radius 2 is 2.03 bits per heavy atom. The van der Waals surface area contributed by atoms with Crippen LogP contribution in [0, 0.1) is 0 Å². The standard InChI is InChI=1S/C20H18BrN3O5S/c1-28-15-7-4-13(8-16(15)29-11-12-2-5-14(21)6-3-12)10-22-24-20-23-19(27)17(30-20)9-18(25)26/h2-8,10,17H,9,11H2,1H3,(H,25,26)(H,23,24,27). The maximum Gasteiger partial charge on any atom is 0.305 e. The lowest BCUT2D eigenvalue weighted by Gasteiger charge is -2.11. The lowest BCUT2D eigenvalue weighted by Crippen LogP contribution is -2.26. The number of nitrogens with zero attached hydrogens (tertiary/aromatic N) is 2. The van der Waals surface area contributed by atoms with Crippen molar-refractivity contribution >= 4 is 51.0 Å². The molecule has 10 heteroatoms. The van der Waals surface area contributed by atoms with Crippen molar-refractivity contribution in [1.29, 1.82) is 0 Å². The maximum absolute atomic E-state index is 11.7. The fourth-order valence-corrected chi connectivity index (χ4v) is 3.70. The first-order valence-corrected chi connectivity index (χ1v) is 10.5. The van der Waals surface area contributed by atoms with Crippen LogP contribution in [0.15, 0.2) is 57.1 Å². The van der Waals surface area contributed by atoms with E-state index in [1.165, 1.54) is 6.21 Å². The number of hydrogen-bond donors (Lipinski definition) is 2. The lowest BCUT2D eigenvalue weighted by atomic mass is 10.2. The number of aliphatic carboxylic acids is 1. The summed E-state index contributed by atoms with van der Waals surface area (Å²) in [5.41, 5.74) is 1.73. The second-order valence-electron chi connectivity index (χ2n) is 6.17. The Hall–Kier alpha value is -2.85. The van der Waals surface area contributed by atoms with E-state index in [1.807, 2.05) is 24.3 Å². The summed E-state index contributed by atoms with van der Waals surface area (Å²) < 4.78 is 12.2. The molecule has 1 fully saturated rings. The molecular formula is C20H18BrN3O5S. The molecule has 1 unspecified atom stereocenters. The van der Waals surface area contributed by atoms with Crippen LogP contribution in [0.1, 0.15) is 17.5 Å². The number of carbonyl (C=O) groups excluding carboxylic acids is 1. The topological polar surface area (TPSA) is 110 Å². The van der Waals surface area contributed by atoms with Gasteiger partial charge in [-0.3, -0.25) is 9.59 Å². The summed E-state index contributed by atoms with van der Waals surface area (Å²) in [6.45, 7) is 0.375. The van der Waals surface area contributed by atoms with Crippen LogP contribution in [-0.4, -0.2) is 40.7 Å². The second-order valence-corrected chi connectivity index (χ2v) is 8.28. The third-order valence-corrected chi connectivity index (χ3v) is 5.59. The Kier molecular flexibility index (Phi) is 7.47. The van der Waals surface area contributed by atoms with E-state index in [-0.39, 0.29) is 17.5 Å². The molecule has 0 bridgehead atoms. The van der Waals surface area contributed by atoms with Gasteiger partial charge in [0, 0.05) is 4.47 Å². The van der Waals surface area contributed by atoms with E-state index >= 15 is 0 Å². The number of carboxylic acids is 1. The van der Waals surface area contributed by atoms with E-state index in [2.05, 4.69) is 31.4 Å². The van der Waals surface area contributed by atoms with Crippen molar-refractivity contribution in [2.75, 3.05) is 7.11 Å². The van der Waals surface area contributed by atoms with Crippen LogP contribution in [0.5, 0.6) is 11.5 Å². The zero-order valence-corrected chi connectivity index (χ0v) is 18.3. The zero-order valence-electron chi connectivity index (χ0n) is 15.9. The highest BCUT2D eigenvalue weighted by atomic mass is 79.9. The van der Waals surface area contributed by atoms with Crippen LogP contribution in [-0.2, 0) is 16.2 Å². The van der Waals surface area contributed by atoms with Crippen LogP contribution in [0.4, 0.5) is 0 Å². The van der Waals surface area contributed by atoms with Gasteiger partial charge in [-0.1, -0.05) is 39.8 Å². The first kappa shape index (κ1) is 21.8. The van der Waals surface area contributed by atoms with Gasteiger partial charge in [0.2, 0.25) is 5.91 Å². The molecule has 0 spiro atoms. The summed E-state index contributed by atoms with van der Waals surface area (Å²) in [6, 6.07) is 13.1. The van der Waals surface area contributed by atoms with Crippen molar-refractivity contribution < 1.29 is 24.2 Å². The summed E-state index contributed by atoms with van der Waals surface area (Å²) in [4.78, 5) is 22.5. The molecule has 1 aliphatic rings. The SMILES string of the molecule is COc1ccc(C=NN=C2NC(=O)C(CC(=O)O)S2)cc1OCc1ccc(Br)cc1. The normalized spacial score (nSPS) is 17.3. The molecule has 1 atom stereocenters. The fourth-order valence-electron chi connectivity index (χ4n) is 2.52. The van der Waals surface area contributed by atoms with Gasteiger partial charge in [-0.2, -0.15) is 5.10 Å². The summed E-state index contributed by atoms with van der Waals surface area (Å²) in [5.74, 6) is -0.279. The van der Waals surface area contributed by atoms with Gasteiger partial charge in [-0.05, 0) is 41.5 Å². The van der Waals surface area contributed by atoms with E-state index in [1.54, 1.807) is 25.3 Å². The third kappa shape index (κ3) is 6.07. The highest BCUT2D eigenvalue weighted by molar-refractivity contribution is 9.10. The minimum absolute atomic E-state index is 0.266. The van der Waals surface area contributed by atoms with Crippen LogP contribution >= 0.6 is 27.7 Å². The third-order valence-electron chi connectivity index (χ3n) is 3.99. The summed E-state index contributed by atoms with van der Waals surface area (Å²) in [5, 5.41) is 18.8. The lowest BCUT2D eigenvalue weighted by molar-refractivity contribution is -0.138. The highest BCUT2D eigenvalue weighted by Crippen LogP contribution is 2.28. The molecule has 1 heterocycles. The number of carbonyl (C=O) groups is 2. The smallest absolute Gasteiger partial charge is 0.305 e. The van der Waals surface area contributed by atoms with E-state index in [9.17, 15) is 9.59 Å². The number of amidine groups is 1. The molecule has 1 saturated heterocycles. The highest BCUT2D eigenvalue weighted by Gasteiger charge is 2.32. The number of rotatable bonds is 8. The Balaban J connectivity index is 1.66. The number of carboxylic acid groups (broad SMARTS) is 1. The predicted octanol–water partition coefficient (Wildman–Crippen LogP) is 3.43. The van der Waals surface area contributed by atoms with Crippen LogP contribution in [0.3, 0.4) is 0 Å². The van der Waals surface area contributed by atoms with Crippen LogP contribution < -0.4 is 14.8 Å². The van der Waals surface area contributed by atoms with Crippen molar-refractivity contribution in [3.8, 4) is 11.5 Å². The molecule has 8 nitrogen and oxygen atoms in total. The minimum Gasteiger partial charge on any atom is -0.493 e. The maximum atomic E-state index is 11.7. The fraction of sp³-hybridized carbons (Fsp3) is 0.200. The van der Waals surface area contributed by atoms with Gasteiger partial charge < -0.3 is 19.9 Å². The van der Waals surface area contributed by atoms with E-state index < -0.39 is 11.2 Å². The molecule has 0 saturated carbocycles. The van der Waals surface area contributed by atoms with Gasteiger partial charge in [-0.25, -0.2) is 0 Å². The average Bonchev–Trinajstić information content (AvgIpc) is 3.06. The van der Waals surface area contributed by atoms with Gasteiger partial charge in [0.1, 0.15) is 11.9 Å². The van der Waals surface area contributed by atoms with Crippen molar-refractivity contribution in [1.82, 2.24) is 5.32 Å². The second kappa shape index (κ2) is 10.3. The van der Waals surface area contributed by atoms with E-state index in [0.29, 0.717) is 18.1 Å². The first-order valence-electron chi connectivity index (χ1n) is 8.80. The van der Waals surface area contributed by atoms with Crippen LogP contribution in [0.25, 0.3) is 0 Å². The number of halogens is 1. The Bertz CT molecular complexity index is 994. The molecule has 2 N–H and O–H groups in total. The Labute approximate surface area is 185 Å². The molecule has 30 heavy (non-hydrogen) atoms. The van der Waals surface area contributed by atoms with E-state index in [4.69, 9.17) is 14.6 Å².